The van der Waals surface area contributed by atoms with Gasteiger partial charge in [0.15, 0.2) is 0 Å². The first-order chi connectivity index (χ1) is 10.1. The number of hydrogen-bond acceptors (Lipinski definition) is 5. The van der Waals surface area contributed by atoms with E-state index in [-0.39, 0.29) is 17.2 Å². The standard InChI is InChI=1S/C12H7Cl2FN6/c13-8-3-2-7(15)6-9(8)17-11-18-10(14)19-12(20-11)21-5-1-4-16-21/h1-6H,(H,17,18,19,20). The van der Waals surface area contributed by atoms with Gasteiger partial charge in [0, 0.05) is 12.4 Å². The highest BCUT2D eigenvalue weighted by Crippen LogP contribution is 2.25. The molecule has 21 heavy (non-hydrogen) atoms. The molecule has 0 saturated carbocycles. The van der Waals surface area contributed by atoms with Crippen LogP contribution in [-0.2, 0) is 0 Å². The van der Waals surface area contributed by atoms with Gasteiger partial charge in [0.2, 0.25) is 11.2 Å². The van der Waals surface area contributed by atoms with Crippen LogP contribution in [0, 0.1) is 5.82 Å². The highest BCUT2D eigenvalue weighted by atomic mass is 35.5. The number of halogens is 3. The lowest BCUT2D eigenvalue weighted by Gasteiger charge is -2.08. The van der Waals surface area contributed by atoms with Gasteiger partial charge in [0.25, 0.3) is 5.95 Å². The fourth-order valence-electron chi connectivity index (χ4n) is 1.60. The highest BCUT2D eigenvalue weighted by molar-refractivity contribution is 6.33. The molecule has 0 fully saturated rings. The van der Waals surface area contributed by atoms with Crippen LogP contribution >= 0.6 is 23.2 Å². The number of anilines is 2. The third kappa shape index (κ3) is 3.09. The van der Waals surface area contributed by atoms with Crippen LogP contribution in [0.15, 0.2) is 36.7 Å². The van der Waals surface area contributed by atoms with Gasteiger partial charge in [-0.05, 0) is 35.9 Å². The zero-order valence-corrected chi connectivity index (χ0v) is 11.8. The number of rotatable bonds is 3. The molecule has 2 aromatic heterocycles. The van der Waals surface area contributed by atoms with Gasteiger partial charge < -0.3 is 5.32 Å². The molecule has 9 heteroatoms. The van der Waals surface area contributed by atoms with Gasteiger partial charge in [0.05, 0.1) is 10.7 Å². The van der Waals surface area contributed by atoms with E-state index in [9.17, 15) is 4.39 Å². The smallest absolute Gasteiger partial charge is 0.256 e. The van der Waals surface area contributed by atoms with Crippen LogP contribution in [0.5, 0.6) is 0 Å². The molecule has 106 valence electrons. The first-order valence-electron chi connectivity index (χ1n) is 5.75. The predicted molar refractivity (Wildman–Crippen MR) is 76.7 cm³/mol. The largest absolute Gasteiger partial charge is 0.323 e. The zero-order valence-electron chi connectivity index (χ0n) is 10.3. The van der Waals surface area contributed by atoms with E-state index in [1.54, 1.807) is 18.5 Å². The molecule has 0 bridgehead atoms. The summed E-state index contributed by atoms with van der Waals surface area (Å²) in [7, 11) is 0. The Morgan fingerprint density at radius 2 is 2.00 bits per heavy atom. The van der Waals surface area contributed by atoms with E-state index in [0.29, 0.717) is 10.7 Å². The van der Waals surface area contributed by atoms with Crippen LogP contribution in [0.1, 0.15) is 0 Å². The Morgan fingerprint density at radius 1 is 1.14 bits per heavy atom. The molecule has 0 aliphatic heterocycles. The molecule has 1 N–H and O–H groups in total. The minimum Gasteiger partial charge on any atom is -0.323 e. The van der Waals surface area contributed by atoms with E-state index < -0.39 is 5.82 Å². The minimum absolute atomic E-state index is 0.0227. The van der Waals surface area contributed by atoms with Crippen molar-refractivity contribution in [2.24, 2.45) is 0 Å². The van der Waals surface area contributed by atoms with Crippen molar-refractivity contribution in [2.75, 3.05) is 5.32 Å². The monoisotopic (exact) mass is 324 g/mol. The lowest BCUT2D eigenvalue weighted by molar-refractivity contribution is 0.628. The van der Waals surface area contributed by atoms with Gasteiger partial charge in [-0.2, -0.15) is 20.1 Å². The number of hydrogen-bond donors (Lipinski definition) is 1. The number of nitrogens with zero attached hydrogens (tertiary/aromatic N) is 5. The van der Waals surface area contributed by atoms with Crippen molar-refractivity contribution in [3.05, 3.63) is 52.8 Å². The Bertz CT molecular complexity index is 777. The number of benzene rings is 1. The summed E-state index contributed by atoms with van der Waals surface area (Å²) in [5, 5.41) is 7.10. The average Bonchev–Trinajstić information content (AvgIpc) is 2.96. The Balaban J connectivity index is 1.97. The fraction of sp³-hybridized carbons (Fsp3) is 0. The first-order valence-corrected chi connectivity index (χ1v) is 6.51. The van der Waals surface area contributed by atoms with E-state index in [2.05, 4.69) is 25.4 Å². The molecule has 0 atom stereocenters. The quantitative estimate of drug-likeness (QED) is 0.800. The van der Waals surface area contributed by atoms with Crippen LogP contribution in [0.3, 0.4) is 0 Å². The molecule has 0 amide bonds. The molecule has 0 radical (unpaired) electrons. The normalized spacial score (nSPS) is 10.6. The Hall–Kier alpha value is -2.25. The van der Waals surface area contributed by atoms with Crippen molar-refractivity contribution in [2.45, 2.75) is 0 Å². The molecular formula is C12H7Cl2FN6. The van der Waals surface area contributed by atoms with Crippen LogP contribution in [0.25, 0.3) is 5.95 Å². The first kappa shape index (κ1) is 13.7. The van der Waals surface area contributed by atoms with Crippen molar-refractivity contribution in [1.29, 1.82) is 0 Å². The Labute approximate surface area is 128 Å². The molecule has 6 nitrogen and oxygen atoms in total. The minimum atomic E-state index is -0.436. The summed E-state index contributed by atoms with van der Waals surface area (Å²) in [6, 6.07) is 5.63. The third-order valence-corrected chi connectivity index (χ3v) is 2.98. The lowest BCUT2D eigenvalue weighted by atomic mass is 10.3. The van der Waals surface area contributed by atoms with Gasteiger partial charge in [-0.15, -0.1) is 0 Å². The summed E-state index contributed by atoms with van der Waals surface area (Å²) in [4.78, 5) is 12.0. The van der Waals surface area contributed by atoms with Crippen molar-refractivity contribution in [3.8, 4) is 5.95 Å². The molecule has 3 rings (SSSR count). The van der Waals surface area contributed by atoms with E-state index in [4.69, 9.17) is 23.2 Å². The van der Waals surface area contributed by atoms with Gasteiger partial charge >= 0.3 is 0 Å². The average molecular weight is 325 g/mol. The van der Waals surface area contributed by atoms with Crippen molar-refractivity contribution < 1.29 is 4.39 Å². The third-order valence-electron chi connectivity index (χ3n) is 2.48. The topological polar surface area (TPSA) is 68.5 Å². The predicted octanol–water partition coefficient (Wildman–Crippen LogP) is 3.25. The van der Waals surface area contributed by atoms with Crippen molar-refractivity contribution >= 4 is 34.8 Å². The SMILES string of the molecule is Fc1ccc(Cl)c(Nc2nc(Cl)nc(-n3cccn3)n2)c1. The molecule has 0 saturated heterocycles. The molecule has 0 unspecified atom stereocenters. The zero-order chi connectivity index (χ0) is 14.8. The lowest BCUT2D eigenvalue weighted by Crippen LogP contribution is -2.07. The van der Waals surface area contributed by atoms with Gasteiger partial charge in [-0.25, -0.2) is 9.07 Å². The molecular weight excluding hydrogens is 318 g/mol. The van der Waals surface area contributed by atoms with Crippen LogP contribution in [0.2, 0.25) is 10.3 Å². The molecule has 0 aliphatic rings. The van der Waals surface area contributed by atoms with Gasteiger partial charge in [-0.1, -0.05) is 11.6 Å². The highest BCUT2D eigenvalue weighted by Gasteiger charge is 2.09. The van der Waals surface area contributed by atoms with E-state index in [0.717, 1.165) is 0 Å². The molecule has 0 aliphatic carbocycles. The summed E-state index contributed by atoms with van der Waals surface area (Å²) in [6.07, 6.45) is 3.23. The number of nitrogens with one attached hydrogen (secondary N) is 1. The van der Waals surface area contributed by atoms with E-state index in [1.807, 2.05) is 0 Å². The molecule has 3 aromatic rings. The molecule has 1 aromatic carbocycles. The second-order valence-electron chi connectivity index (χ2n) is 3.93. The van der Waals surface area contributed by atoms with Crippen LogP contribution in [0.4, 0.5) is 16.0 Å². The maximum atomic E-state index is 13.2. The van der Waals surface area contributed by atoms with Crippen LogP contribution < -0.4 is 5.32 Å². The summed E-state index contributed by atoms with van der Waals surface area (Å²) in [6.45, 7) is 0. The summed E-state index contributed by atoms with van der Waals surface area (Å²) in [5.74, 6) is -0.0719. The van der Waals surface area contributed by atoms with Crippen molar-refractivity contribution in [1.82, 2.24) is 24.7 Å². The van der Waals surface area contributed by atoms with Crippen molar-refractivity contribution in [3.63, 3.8) is 0 Å². The summed E-state index contributed by atoms with van der Waals surface area (Å²) in [5.41, 5.74) is 0.324. The molecule has 2 heterocycles. The summed E-state index contributed by atoms with van der Waals surface area (Å²) >= 11 is 11.8. The second-order valence-corrected chi connectivity index (χ2v) is 4.67. The molecule has 0 spiro atoms. The van der Waals surface area contributed by atoms with Gasteiger partial charge in [0.1, 0.15) is 5.82 Å². The fourth-order valence-corrected chi connectivity index (χ4v) is 1.92. The van der Waals surface area contributed by atoms with Gasteiger partial charge in [-0.3, -0.25) is 0 Å². The summed E-state index contributed by atoms with van der Waals surface area (Å²) < 4.78 is 14.7. The number of aromatic nitrogens is 5. The maximum absolute atomic E-state index is 13.2. The van der Waals surface area contributed by atoms with Crippen LogP contribution in [-0.4, -0.2) is 24.7 Å². The van der Waals surface area contributed by atoms with E-state index in [1.165, 1.54) is 22.9 Å². The maximum Gasteiger partial charge on any atom is 0.256 e. The van der Waals surface area contributed by atoms with E-state index >= 15 is 0 Å². The Kier molecular flexibility index (Phi) is 3.68. The Morgan fingerprint density at radius 3 is 2.76 bits per heavy atom. The second kappa shape index (κ2) is 5.63.